The molecular weight excluding hydrogens is 404 g/mol. The van der Waals surface area contributed by atoms with Crippen molar-refractivity contribution < 1.29 is 27.5 Å². The number of aryl methyl sites for hydroxylation is 3. The van der Waals surface area contributed by atoms with Gasteiger partial charge in [0.05, 0.1) is 18.2 Å². The highest BCUT2D eigenvalue weighted by atomic mass is 19.1. The van der Waals surface area contributed by atoms with E-state index in [2.05, 4.69) is 4.98 Å². The number of aromatic nitrogens is 1. The van der Waals surface area contributed by atoms with Gasteiger partial charge >= 0.3 is 5.97 Å². The maximum atomic E-state index is 13.8. The lowest BCUT2D eigenvalue weighted by atomic mass is 9.90. The van der Waals surface area contributed by atoms with Crippen LogP contribution in [0.3, 0.4) is 0 Å². The van der Waals surface area contributed by atoms with E-state index in [9.17, 15) is 18.4 Å². The molecule has 160 valence electrons. The highest BCUT2D eigenvalue weighted by Gasteiger charge is 2.18. The fourth-order valence-corrected chi connectivity index (χ4v) is 3.69. The summed E-state index contributed by atoms with van der Waals surface area (Å²) in [6, 6.07) is 9.14. The molecule has 0 bridgehead atoms. The summed E-state index contributed by atoms with van der Waals surface area (Å²) in [7, 11) is 0. The summed E-state index contributed by atoms with van der Waals surface area (Å²) >= 11 is 0. The maximum Gasteiger partial charge on any atom is 0.306 e. The Morgan fingerprint density at radius 1 is 1.03 bits per heavy atom. The Morgan fingerprint density at radius 2 is 1.77 bits per heavy atom. The molecule has 31 heavy (non-hydrogen) atoms. The van der Waals surface area contributed by atoms with E-state index >= 15 is 0 Å². The highest BCUT2D eigenvalue weighted by Crippen LogP contribution is 2.27. The first-order valence-electron chi connectivity index (χ1n) is 10.2. The number of esters is 1. The number of Topliss-reactive ketones (excluding diaryl/α,β-unsaturated/α-hetero) is 1. The molecule has 1 heterocycles. The average molecular weight is 425 g/mol. The molecule has 3 aromatic rings. The molecule has 0 atom stereocenters. The van der Waals surface area contributed by atoms with Gasteiger partial charge in [-0.15, -0.1) is 0 Å². The van der Waals surface area contributed by atoms with Crippen LogP contribution in [-0.2, 0) is 28.8 Å². The summed E-state index contributed by atoms with van der Waals surface area (Å²) in [6.45, 7) is -0.338. The molecule has 0 radical (unpaired) electrons. The van der Waals surface area contributed by atoms with Gasteiger partial charge in [-0.05, 0) is 55.0 Å². The van der Waals surface area contributed by atoms with Crippen LogP contribution in [0.2, 0.25) is 0 Å². The SMILES string of the molecule is O=C(CCc1ncc(-c2c(F)cccc2F)o1)OCC(=O)c1ccc2c(c1)CCCC2. The molecule has 0 unspecified atom stereocenters. The van der Waals surface area contributed by atoms with Crippen molar-refractivity contribution in [1.82, 2.24) is 4.98 Å². The Hall–Kier alpha value is -3.35. The first kappa shape index (κ1) is 20.9. The zero-order chi connectivity index (χ0) is 21.8. The van der Waals surface area contributed by atoms with Gasteiger partial charge in [-0.2, -0.15) is 0 Å². The molecule has 7 heteroatoms. The van der Waals surface area contributed by atoms with E-state index in [-0.39, 0.29) is 42.4 Å². The second kappa shape index (κ2) is 9.20. The zero-order valence-electron chi connectivity index (χ0n) is 16.8. The molecule has 5 nitrogen and oxygen atoms in total. The minimum atomic E-state index is -0.761. The number of ketones is 1. The van der Waals surface area contributed by atoms with Crippen molar-refractivity contribution in [1.29, 1.82) is 0 Å². The lowest BCUT2D eigenvalue weighted by molar-refractivity contribution is -0.142. The minimum Gasteiger partial charge on any atom is -0.457 e. The number of rotatable bonds is 7. The summed E-state index contributed by atoms with van der Waals surface area (Å²) < 4.78 is 38.1. The van der Waals surface area contributed by atoms with Crippen LogP contribution in [0, 0.1) is 11.6 Å². The topological polar surface area (TPSA) is 69.4 Å². The van der Waals surface area contributed by atoms with Crippen LogP contribution in [0.15, 0.2) is 47.0 Å². The van der Waals surface area contributed by atoms with Crippen LogP contribution < -0.4 is 0 Å². The van der Waals surface area contributed by atoms with Gasteiger partial charge in [-0.25, -0.2) is 13.8 Å². The molecule has 4 rings (SSSR count). The molecule has 0 N–H and O–H groups in total. The van der Waals surface area contributed by atoms with Crippen LogP contribution in [-0.4, -0.2) is 23.3 Å². The van der Waals surface area contributed by atoms with Gasteiger partial charge in [-0.1, -0.05) is 18.2 Å². The van der Waals surface area contributed by atoms with E-state index in [1.54, 1.807) is 6.07 Å². The van der Waals surface area contributed by atoms with E-state index < -0.39 is 17.6 Å². The van der Waals surface area contributed by atoms with Crippen LogP contribution in [0.1, 0.15) is 46.6 Å². The number of hydrogen-bond donors (Lipinski definition) is 0. The standard InChI is InChI=1S/C24H21F2NO4/c25-18-6-3-7-19(26)24(18)21-13-27-22(31-21)10-11-23(29)30-14-20(28)17-9-8-15-4-1-2-5-16(15)12-17/h3,6-9,12-13H,1-2,4-5,10-11,14H2. The van der Waals surface area contributed by atoms with E-state index in [0.717, 1.165) is 31.4 Å². The number of carbonyl (C=O) groups is 2. The van der Waals surface area contributed by atoms with Crippen LogP contribution in [0.5, 0.6) is 0 Å². The van der Waals surface area contributed by atoms with Gasteiger partial charge in [-0.3, -0.25) is 9.59 Å². The van der Waals surface area contributed by atoms with E-state index in [4.69, 9.17) is 9.15 Å². The zero-order valence-corrected chi connectivity index (χ0v) is 16.8. The Labute approximate surface area is 178 Å². The minimum absolute atomic E-state index is 0.0541. The largest absolute Gasteiger partial charge is 0.457 e. The smallest absolute Gasteiger partial charge is 0.306 e. The summed E-state index contributed by atoms with van der Waals surface area (Å²) in [5, 5.41) is 0. The highest BCUT2D eigenvalue weighted by molar-refractivity contribution is 5.98. The lowest BCUT2D eigenvalue weighted by Gasteiger charge is -2.16. The average Bonchev–Trinajstić information content (AvgIpc) is 3.24. The van der Waals surface area contributed by atoms with Crippen LogP contribution in [0.25, 0.3) is 11.3 Å². The molecule has 2 aromatic carbocycles. The first-order chi connectivity index (χ1) is 15.0. The van der Waals surface area contributed by atoms with E-state index in [0.29, 0.717) is 5.56 Å². The predicted molar refractivity (Wildman–Crippen MR) is 109 cm³/mol. The maximum absolute atomic E-state index is 13.8. The van der Waals surface area contributed by atoms with Crippen molar-refractivity contribution in [3.05, 3.63) is 76.8 Å². The number of hydrogen-bond acceptors (Lipinski definition) is 5. The van der Waals surface area contributed by atoms with Crippen molar-refractivity contribution in [2.75, 3.05) is 6.61 Å². The van der Waals surface area contributed by atoms with Crippen molar-refractivity contribution >= 4 is 11.8 Å². The summed E-state index contributed by atoms with van der Waals surface area (Å²) in [4.78, 5) is 28.3. The first-order valence-corrected chi connectivity index (χ1v) is 10.2. The van der Waals surface area contributed by atoms with E-state index in [1.165, 1.54) is 29.8 Å². The number of carbonyl (C=O) groups excluding carboxylic acids is 2. The molecule has 0 saturated carbocycles. The molecule has 1 aliphatic carbocycles. The monoisotopic (exact) mass is 425 g/mol. The number of nitrogens with zero attached hydrogens (tertiary/aromatic N) is 1. The van der Waals surface area contributed by atoms with Crippen molar-refractivity contribution in [2.24, 2.45) is 0 Å². The Bertz CT molecular complexity index is 1100. The Kier molecular flexibility index (Phi) is 6.21. The fraction of sp³-hybridized carbons (Fsp3) is 0.292. The number of ether oxygens (including phenoxy) is 1. The van der Waals surface area contributed by atoms with Gasteiger partial charge in [0.1, 0.15) is 11.6 Å². The van der Waals surface area contributed by atoms with Gasteiger partial charge in [0.2, 0.25) is 0 Å². The van der Waals surface area contributed by atoms with Gasteiger partial charge in [0.15, 0.2) is 24.0 Å². The predicted octanol–water partition coefficient (Wildman–Crippen LogP) is 4.86. The molecule has 0 fully saturated rings. The molecule has 0 saturated heterocycles. The quantitative estimate of drug-likeness (QED) is 0.400. The van der Waals surface area contributed by atoms with Gasteiger partial charge < -0.3 is 9.15 Å². The summed E-state index contributed by atoms with van der Waals surface area (Å²) in [6.07, 6.45) is 5.50. The van der Waals surface area contributed by atoms with E-state index in [1.807, 2.05) is 12.1 Å². The van der Waals surface area contributed by atoms with Crippen molar-refractivity contribution in [3.8, 4) is 11.3 Å². The molecule has 0 amide bonds. The molecular formula is C24H21F2NO4. The number of benzene rings is 2. The summed E-state index contributed by atoms with van der Waals surface area (Å²) in [5.41, 5.74) is 2.70. The third-order valence-electron chi connectivity index (χ3n) is 5.34. The van der Waals surface area contributed by atoms with Gasteiger partial charge in [0, 0.05) is 12.0 Å². The third-order valence-corrected chi connectivity index (χ3v) is 5.34. The van der Waals surface area contributed by atoms with Gasteiger partial charge in [0.25, 0.3) is 0 Å². The molecule has 0 aliphatic heterocycles. The second-order valence-corrected chi connectivity index (χ2v) is 7.49. The van der Waals surface area contributed by atoms with Crippen molar-refractivity contribution in [2.45, 2.75) is 38.5 Å². The molecule has 0 spiro atoms. The molecule has 1 aromatic heterocycles. The lowest BCUT2D eigenvalue weighted by Crippen LogP contribution is -2.15. The molecule has 1 aliphatic rings. The Balaban J connectivity index is 1.29. The van der Waals surface area contributed by atoms with Crippen LogP contribution >= 0.6 is 0 Å². The number of fused-ring (bicyclic) bond motifs is 1. The van der Waals surface area contributed by atoms with Crippen LogP contribution in [0.4, 0.5) is 8.78 Å². The Morgan fingerprint density at radius 3 is 2.55 bits per heavy atom. The fourth-order valence-electron chi connectivity index (χ4n) is 3.69. The third kappa shape index (κ3) is 4.87. The second-order valence-electron chi connectivity index (χ2n) is 7.49. The number of oxazole rings is 1. The van der Waals surface area contributed by atoms with Crippen molar-refractivity contribution in [3.63, 3.8) is 0 Å². The number of halogens is 2. The normalized spacial score (nSPS) is 13.0. The summed E-state index contributed by atoms with van der Waals surface area (Å²) in [5.74, 6) is -2.26.